The molecule has 2 aromatic carbocycles. The quantitative estimate of drug-likeness (QED) is 0.521. The van der Waals surface area contributed by atoms with Crippen LogP contribution in [0.4, 0.5) is 5.69 Å². The molecule has 0 spiro atoms. The lowest BCUT2D eigenvalue weighted by Gasteiger charge is -1.89. The summed E-state index contributed by atoms with van der Waals surface area (Å²) >= 11 is 0. The molecule has 0 aliphatic heterocycles. The predicted molar refractivity (Wildman–Crippen MR) is 73.6 cm³/mol. The van der Waals surface area contributed by atoms with Gasteiger partial charge in [-0.2, -0.15) is 0 Å². The maximum Gasteiger partial charge on any atom is 0.264 e. The first-order chi connectivity index (χ1) is 9.31. The molecule has 0 saturated carbocycles. The van der Waals surface area contributed by atoms with Crippen molar-refractivity contribution in [3.8, 4) is 11.7 Å². The number of hydrogen-bond donors (Lipinski definition) is 1. The summed E-state index contributed by atoms with van der Waals surface area (Å²) in [6, 6.07) is 15.2. The van der Waals surface area contributed by atoms with E-state index in [0.29, 0.717) is 28.4 Å². The zero-order valence-electron chi connectivity index (χ0n) is 9.96. The number of furan rings is 1. The summed E-state index contributed by atoms with van der Waals surface area (Å²) < 4.78 is 11.4. The van der Waals surface area contributed by atoms with Gasteiger partial charge in [0.1, 0.15) is 11.1 Å². The van der Waals surface area contributed by atoms with E-state index in [4.69, 9.17) is 14.6 Å². The average Bonchev–Trinajstić information content (AvgIpc) is 3.02. The summed E-state index contributed by atoms with van der Waals surface area (Å²) in [4.78, 5) is 4.39. The largest absolute Gasteiger partial charge is 0.451 e. The van der Waals surface area contributed by atoms with Crippen LogP contribution in [0.5, 0.6) is 0 Å². The molecule has 2 N–H and O–H groups in total. The lowest BCUT2D eigenvalue weighted by molar-refractivity contribution is 0.559. The molecule has 0 unspecified atom stereocenters. The predicted octanol–water partition coefficient (Wildman–Crippen LogP) is 3.82. The average molecular weight is 250 g/mol. The van der Waals surface area contributed by atoms with Gasteiger partial charge in [-0.3, -0.25) is 0 Å². The van der Waals surface area contributed by atoms with E-state index >= 15 is 0 Å². The molecule has 19 heavy (non-hydrogen) atoms. The van der Waals surface area contributed by atoms with Gasteiger partial charge in [-0.15, -0.1) is 0 Å². The van der Waals surface area contributed by atoms with Crippen molar-refractivity contribution in [1.29, 1.82) is 0 Å². The molecule has 0 fully saturated rings. The first-order valence-electron chi connectivity index (χ1n) is 5.95. The number of para-hydroxylation sites is 2. The van der Waals surface area contributed by atoms with Crippen LogP contribution in [-0.4, -0.2) is 4.98 Å². The Balaban J connectivity index is 1.96. The number of anilines is 1. The summed E-state index contributed by atoms with van der Waals surface area (Å²) in [5, 5.41) is 1.02. The molecule has 0 amide bonds. The molecule has 4 nitrogen and oxygen atoms in total. The number of rotatable bonds is 1. The highest BCUT2D eigenvalue weighted by Crippen LogP contribution is 2.31. The lowest BCUT2D eigenvalue weighted by atomic mass is 10.2. The number of nitrogen functional groups attached to an aromatic ring is 1. The molecular weight excluding hydrogens is 240 g/mol. The van der Waals surface area contributed by atoms with Gasteiger partial charge in [0.2, 0.25) is 0 Å². The zero-order chi connectivity index (χ0) is 12.8. The van der Waals surface area contributed by atoms with Gasteiger partial charge >= 0.3 is 0 Å². The van der Waals surface area contributed by atoms with Gasteiger partial charge in [-0.05, 0) is 24.3 Å². The molecule has 4 rings (SSSR count). The molecule has 0 radical (unpaired) electrons. The Hall–Kier alpha value is -2.75. The summed E-state index contributed by atoms with van der Waals surface area (Å²) in [6.45, 7) is 0. The summed E-state index contributed by atoms with van der Waals surface area (Å²) in [7, 11) is 0. The normalized spacial score (nSPS) is 11.4. The second-order valence-corrected chi connectivity index (χ2v) is 4.36. The Morgan fingerprint density at radius 2 is 1.74 bits per heavy atom. The number of fused-ring (bicyclic) bond motifs is 2. The van der Waals surface area contributed by atoms with Crippen molar-refractivity contribution in [3.63, 3.8) is 0 Å². The second kappa shape index (κ2) is 3.62. The Bertz CT molecular complexity index is 856. The van der Waals surface area contributed by atoms with Gasteiger partial charge in [0.25, 0.3) is 5.89 Å². The fraction of sp³-hybridized carbons (Fsp3) is 0. The van der Waals surface area contributed by atoms with Gasteiger partial charge in [-0.25, -0.2) is 4.98 Å². The van der Waals surface area contributed by atoms with Crippen LogP contribution in [-0.2, 0) is 0 Å². The van der Waals surface area contributed by atoms with Gasteiger partial charge < -0.3 is 14.6 Å². The monoisotopic (exact) mass is 250 g/mol. The van der Waals surface area contributed by atoms with Crippen molar-refractivity contribution in [2.45, 2.75) is 0 Å². The number of nitrogens with zero attached hydrogens (tertiary/aromatic N) is 1. The van der Waals surface area contributed by atoms with Gasteiger partial charge in [0.05, 0.1) is 5.69 Å². The lowest BCUT2D eigenvalue weighted by Crippen LogP contribution is -1.84. The number of hydrogen-bond acceptors (Lipinski definition) is 4. The van der Waals surface area contributed by atoms with Gasteiger partial charge in [0.15, 0.2) is 11.3 Å². The molecule has 0 saturated heterocycles. The van der Waals surface area contributed by atoms with E-state index in [1.807, 2.05) is 42.5 Å². The topological polar surface area (TPSA) is 65.2 Å². The van der Waals surface area contributed by atoms with E-state index in [9.17, 15) is 0 Å². The first-order valence-corrected chi connectivity index (χ1v) is 5.95. The van der Waals surface area contributed by atoms with Crippen LogP contribution in [0.15, 0.2) is 57.4 Å². The number of aromatic nitrogens is 1. The van der Waals surface area contributed by atoms with E-state index in [2.05, 4.69) is 4.98 Å². The highest BCUT2D eigenvalue weighted by molar-refractivity contribution is 5.88. The van der Waals surface area contributed by atoms with Gasteiger partial charge in [-0.1, -0.05) is 24.3 Å². The third kappa shape index (κ3) is 1.50. The van der Waals surface area contributed by atoms with Crippen LogP contribution in [0.25, 0.3) is 33.7 Å². The molecule has 2 aromatic heterocycles. The molecular formula is C15H10N2O2. The molecule has 4 aromatic rings. The summed E-state index contributed by atoms with van der Waals surface area (Å²) in [5.41, 5.74) is 8.61. The van der Waals surface area contributed by atoms with E-state index in [1.54, 1.807) is 6.07 Å². The maximum atomic E-state index is 5.87. The van der Waals surface area contributed by atoms with Crippen molar-refractivity contribution in [2.75, 3.05) is 5.73 Å². The fourth-order valence-electron chi connectivity index (χ4n) is 2.16. The van der Waals surface area contributed by atoms with Crippen molar-refractivity contribution in [2.24, 2.45) is 0 Å². The molecule has 4 heteroatoms. The number of nitrogens with two attached hydrogens (primary N) is 1. The van der Waals surface area contributed by atoms with Crippen LogP contribution in [0, 0.1) is 0 Å². The van der Waals surface area contributed by atoms with Crippen LogP contribution in [0.3, 0.4) is 0 Å². The van der Waals surface area contributed by atoms with Crippen LogP contribution in [0.1, 0.15) is 0 Å². The third-order valence-corrected chi connectivity index (χ3v) is 3.09. The van der Waals surface area contributed by atoms with Gasteiger partial charge in [0, 0.05) is 5.39 Å². The Kier molecular flexibility index (Phi) is 1.94. The molecule has 2 heterocycles. The minimum Gasteiger partial charge on any atom is -0.451 e. The van der Waals surface area contributed by atoms with Crippen molar-refractivity contribution in [1.82, 2.24) is 4.98 Å². The Morgan fingerprint density at radius 1 is 0.895 bits per heavy atom. The number of oxazole rings is 1. The SMILES string of the molecule is Nc1cccc2oc(-c3cc4ccccc4o3)nc12. The smallest absolute Gasteiger partial charge is 0.264 e. The second-order valence-electron chi connectivity index (χ2n) is 4.36. The van der Waals surface area contributed by atoms with E-state index < -0.39 is 0 Å². The van der Waals surface area contributed by atoms with E-state index in [-0.39, 0.29) is 0 Å². The highest BCUT2D eigenvalue weighted by Gasteiger charge is 2.14. The zero-order valence-corrected chi connectivity index (χ0v) is 9.96. The van der Waals surface area contributed by atoms with Crippen molar-refractivity contribution in [3.05, 3.63) is 48.5 Å². The molecule has 0 aliphatic carbocycles. The van der Waals surface area contributed by atoms with E-state index in [1.165, 1.54) is 0 Å². The summed E-state index contributed by atoms with van der Waals surface area (Å²) in [5.74, 6) is 1.06. The molecule has 0 bridgehead atoms. The first kappa shape index (κ1) is 10.2. The summed E-state index contributed by atoms with van der Waals surface area (Å²) in [6.07, 6.45) is 0. The standard InChI is InChI=1S/C15H10N2O2/c16-10-5-3-7-12-14(10)17-15(19-12)13-8-9-4-1-2-6-11(9)18-13/h1-8H,16H2. The molecule has 92 valence electrons. The van der Waals surface area contributed by atoms with Crippen molar-refractivity contribution < 1.29 is 8.83 Å². The minimum absolute atomic E-state index is 0.448. The van der Waals surface area contributed by atoms with Crippen LogP contribution >= 0.6 is 0 Å². The highest BCUT2D eigenvalue weighted by atomic mass is 16.4. The Morgan fingerprint density at radius 3 is 2.58 bits per heavy atom. The Labute approximate surface area is 108 Å². The van der Waals surface area contributed by atoms with Crippen LogP contribution < -0.4 is 5.73 Å². The maximum absolute atomic E-state index is 5.87. The third-order valence-electron chi connectivity index (χ3n) is 3.09. The number of benzene rings is 2. The fourth-order valence-corrected chi connectivity index (χ4v) is 2.16. The van der Waals surface area contributed by atoms with Crippen molar-refractivity contribution >= 4 is 27.8 Å². The molecule has 0 atom stereocenters. The van der Waals surface area contributed by atoms with E-state index in [0.717, 1.165) is 11.0 Å². The minimum atomic E-state index is 0.448. The molecule has 0 aliphatic rings. The van der Waals surface area contributed by atoms with Crippen LogP contribution in [0.2, 0.25) is 0 Å².